The Morgan fingerprint density at radius 2 is 1.48 bits per heavy atom. The second-order valence-corrected chi connectivity index (χ2v) is 6.35. The highest BCUT2D eigenvalue weighted by Gasteiger charge is 2.43. The number of ether oxygens (including phenoxy) is 2. The van der Waals surface area contributed by atoms with Crippen LogP contribution >= 0.6 is 0 Å². The van der Waals surface area contributed by atoms with Crippen LogP contribution in [0, 0.1) is 0 Å². The van der Waals surface area contributed by atoms with E-state index in [2.05, 4.69) is 10.0 Å². The number of hydrogen-bond acceptors (Lipinski definition) is 7. The summed E-state index contributed by atoms with van der Waals surface area (Å²) in [5, 5.41) is 41.8. The average Bonchev–Trinajstić information content (AvgIpc) is 2.62. The number of aliphatic hydroxyl groups is 4. The van der Waals surface area contributed by atoms with E-state index in [-0.39, 0.29) is 0 Å². The second-order valence-electron chi connectivity index (χ2n) is 6.35. The van der Waals surface area contributed by atoms with Crippen molar-refractivity contribution in [3.8, 4) is 0 Å². The lowest BCUT2D eigenvalue weighted by Crippen LogP contribution is -2.59. The third-order valence-corrected chi connectivity index (χ3v) is 4.35. The Kier molecular flexibility index (Phi) is 11.8. The zero-order valence-electron chi connectivity index (χ0n) is 14.6. The fourth-order valence-corrected chi connectivity index (χ4v) is 2.79. The maximum absolute atomic E-state index is 9.83. The Morgan fingerprint density at radius 3 is 2.08 bits per heavy atom. The molecule has 4 N–H and O–H groups in total. The molecular formula is C16H31N3O6. The molecule has 0 aromatic heterocycles. The number of aliphatic hydroxyl groups excluding tert-OH is 4. The van der Waals surface area contributed by atoms with E-state index < -0.39 is 37.3 Å². The molecule has 5 atom stereocenters. The number of unbranched alkanes of at least 4 members (excludes halogenated alkanes) is 7. The van der Waals surface area contributed by atoms with E-state index >= 15 is 0 Å². The maximum Gasteiger partial charge on any atom is 0.186 e. The van der Waals surface area contributed by atoms with Crippen LogP contribution in [0.4, 0.5) is 0 Å². The van der Waals surface area contributed by atoms with E-state index in [1.807, 2.05) is 0 Å². The van der Waals surface area contributed by atoms with Gasteiger partial charge in [-0.25, -0.2) is 0 Å². The summed E-state index contributed by atoms with van der Waals surface area (Å²) >= 11 is 0. The molecule has 1 aliphatic heterocycles. The van der Waals surface area contributed by atoms with Gasteiger partial charge in [0, 0.05) is 18.1 Å². The van der Waals surface area contributed by atoms with Crippen LogP contribution in [0.5, 0.6) is 0 Å². The summed E-state index contributed by atoms with van der Waals surface area (Å²) in [6.45, 7) is 0.508. The topological polar surface area (TPSA) is 148 Å². The molecule has 1 fully saturated rings. The van der Waals surface area contributed by atoms with Crippen molar-refractivity contribution in [3.63, 3.8) is 0 Å². The Morgan fingerprint density at radius 1 is 0.880 bits per heavy atom. The van der Waals surface area contributed by atoms with E-state index in [9.17, 15) is 15.3 Å². The van der Waals surface area contributed by atoms with Crippen LogP contribution in [0.3, 0.4) is 0 Å². The molecule has 0 radical (unpaired) electrons. The standard InChI is InChI=1S/C16H31N3O6/c17-19-18-9-7-5-3-1-2-4-6-8-10-24-16-15(23)14(22)13(21)12(11-20)25-16/h12-16,20-23H,1-11H2/t12-,13-,14+,15+,16+/m1/s1. The zero-order chi connectivity index (χ0) is 18.5. The third kappa shape index (κ3) is 8.33. The van der Waals surface area contributed by atoms with Gasteiger partial charge < -0.3 is 29.9 Å². The van der Waals surface area contributed by atoms with E-state index in [0.717, 1.165) is 51.4 Å². The Balaban J connectivity index is 2.01. The summed E-state index contributed by atoms with van der Waals surface area (Å²) < 4.78 is 10.7. The largest absolute Gasteiger partial charge is 0.394 e. The molecule has 0 bridgehead atoms. The van der Waals surface area contributed by atoms with Crippen molar-refractivity contribution in [2.24, 2.45) is 5.11 Å². The molecule has 0 unspecified atom stereocenters. The molecule has 9 heteroatoms. The van der Waals surface area contributed by atoms with Crippen molar-refractivity contribution in [3.05, 3.63) is 10.4 Å². The first kappa shape index (κ1) is 22.1. The van der Waals surface area contributed by atoms with Gasteiger partial charge in [-0.15, -0.1) is 0 Å². The molecular weight excluding hydrogens is 330 g/mol. The van der Waals surface area contributed by atoms with Crippen LogP contribution in [0.25, 0.3) is 10.4 Å². The van der Waals surface area contributed by atoms with Crippen LogP contribution < -0.4 is 0 Å². The van der Waals surface area contributed by atoms with E-state index in [4.69, 9.17) is 20.1 Å². The molecule has 1 rings (SSSR count). The maximum atomic E-state index is 9.83. The first-order chi connectivity index (χ1) is 12.1. The smallest absolute Gasteiger partial charge is 0.186 e. The molecule has 0 saturated carbocycles. The molecule has 146 valence electrons. The fraction of sp³-hybridized carbons (Fsp3) is 1.00. The highest BCUT2D eigenvalue weighted by molar-refractivity contribution is 4.88. The molecule has 0 aromatic rings. The van der Waals surface area contributed by atoms with Gasteiger partial charge in [0.05, 0.1) is 6.61 Å². The van der Waals surface area contributed by atoms with Gasteiger partial charge in [0.1, 0.15) is 24.4 Å². The second kappa shape index (κ2) is 13.3. The summed E-state index contributed by atoms with van der Waals surface area (Å²) in [6.07, 6.45) is 2.32. The SMILES string of the molecule is [N-]=[N+]=NCCCCCCCCCCO[C@H]1O[C@H](CO)[C@@H](O)[C@H](O)[C@@H]1O. The highest BCUT2D eigenvalue weighted by Crippen LogP contribution is 2.22. The monoisotopic (exact) mass is 361 g/mol. The van der Waals surface area contributed by atoms with Gasteiger partial charge in [0.25, 0.3) is 0 Å². The highest BCUT2D eigenvalue weighted by atomic mass is 16.7. The summed E-state index contributed by atoms with van der Waals surface area (Å²) in [5.74, 6) is 0. The first-order valence-corrected chi connectivity index (χ1v) is 9.04. The summed E-state index contributed by atoms with van der Waals surface area (Å²) in [7, 11) is 0. The zero-order valence-corrected chi connectivity index (χ0v) is 14.6. The minimum atomic E-state index is -1.39. The van der Waals surface area contributed by atoms with Gasteiger partial charge in [0.15, 0.2) is 6.29 Å². The molecule has 0 spiro atoms. The Labute approximate surface area is 148 Å². The van der Waals surface area contributed by atoms with Gasteiger partial charge in [-0.2, -0.15) is 0 Å². The van der Waals surface area contributed by atoms with Gasteiger partial charge in [0.2, 0.25) is 0 Å². The van der Waals surface area contributed by atoms with Gasteiger partial charge in [-0.05, 0) is 18.4 Å². The minimum absolute atomic E-state index is 0.384. The normalized spacial score (nSPS) is 29.4. The molecule has 9 nitrogen and oxygen atoms in total. The van der Waals surface area contributed by atoms with Crippen LogP contribution in [-0.4, -0.2) is 70.9 Å². The predicted molar refractivity (Wildman–Crippen MR) is 90.7 cm³/mol. The fourth-order valence-electron chi connectivity index (χ4n) is 2.79. The molecule has 1 saturated heterocycles. The van der Waals surface area contributed by atoms with Crippen molar-refractivity contribution >= 4 is 0 Å². The summed E-state index contributed by atoms with van der Waals surface area (Å²) in [4.78, 5) is 2.72. The van der Waals surface area contributed by atoms with Gasteiger partial charge >= 0.3 is 0 Å². The minimum Gasteiger partial charge on any atom is -0.394 e. The molecule has 0 aromatic carbocycles. The van der Waals surface area contributed by atoms with Crippen molar-refractivity contribution in [2.75, 3.05) is 19.8 Å². The van der Waals surface area contributed by atoms with Crippen molar-refractivity contribution in [1.82, 2.24) is 0 Å². The van der Waals surface area contributed by atoms with E-state index in [0.29, 0.717) is 13.2 Å². The molecule has 0 amide bonds. The lowest BCUT2D eigenvalue weighted by Gasteiger charge is -2.39. The van der Waals surface area contributed by atoms with Crippen molar-refractivity contribution in [2.45, 2.75) is 82.1 Å². The van der Waals surface area contributed by atoms with Gasteiger partial charge in [-0.1, -0.05) is 43.6 Å². The number of azide groups is 1. The summed E-state index contributed by atoms with van der Waals surface area (Å²) in [6, 6.07) is 0. The Hall–Kier alpha value is -0.930. The predicted octanol–water partition coefficient (Wildman–Crippen LogP) is 1.23. The lowest BCUT2D eigenvalue weighted by atomic mass is 9.99. The van der Waals surface area contributed by atoms with E-state index in [1.165, 1.54) is 0 Å². The average molecular weight is 361 g/mol. The molecule has 0 aliphatic carbocycles. The number of rotatable bonds is 13. The first-order valence-electron chi connectivity index (χ1n) is 9.04. The van der Waals surface area contributed by atoms with Crippen LogP contribution in [0.1, 0.15) is 51.4 Å². The van der Waals surface area contributed by atoms with Crippen LogP contribution in [-0.2, 0) is 9.47 Å². The number of hydrogen-bond donors (Lipinski definition) is 4. The molecule has 1 heterocycles. The molecule has 1 aliphatic rings. The van der Waals surface area contributed by atoms with Crippen LogP contribution in [0.2, 0.25) is 0 Å². The number of nitrogens with zero attached hydrogens (tertiary/aromatic N) is 3. The third-order valence-electron chi connectivity index (χ3n) is 4.35. The van der Waals surface area contributed by atoms with Crippen molar-refractivity contribution in [1.29, 1.82) is 0 Å². The summed E-state index contributed by atoms with van der Waals surface area (Å²) in [5.41, 5.74) is 8.15. The molecule has 25 heavy (non-hydrogen) atoms. The van der Waals surface area contributed by atoms with Crippen molar-refractivity contribution < 1.29 is 29.9 Å². The lowest BCUT2D eigenvalue weighted by molar-refractivity contribution is -0.301. The Bertz CT molecular complexity index is 392. The van der Waals surface area contributed by atoms with E-state index in [1.54, 1.807) is 0 Å². The van der Waals surface area contributed by atoms with Gasteiger partial charge in [-0.3, -0.25) is 0 Å². The van der Waals surface area contributed by atoms with Crippen LogP contribution in [0.15, 0.2) is 5.11 Å². The quantitative estimate of drug-likeness (QED) is 0.168.